The lowest BCUT2D eigenvalue weighted by atomic mass is 10.1. The van der Waals surface area contributed by atoms with Crippen molar-refractivity contribution in [1.29, 1.82) is 0 Å². The standard InChI is InChI=1S/C8H14N2O3/c1-9-5-4-6(7(9)11)8(12)10(2)13-3/h6H,4-5H2,1-3H3. The number of carbonyl (C=O) groups excluding carboxylic acids is 2. The molecule has 2 amide bonds. The van der Waals surface area contributed by atoms with Crippen molar-refractivity contribution < 1.29 is 14.4 Å². The minimum absolute atomic E-state index is 0.117. The molecule has 5 heteroatoms. The summed E-state index contributed by atoms with van der Waals surface area (Å²) < 4.78 is 0. The van der Waals surface area contributed by atoms with Crippen LogP contribution in [0.3, 0.4) is 0 Å². The topological polar surface area (TPSA) is 49.9 Å². The zero-order valence-corrected chi connectivity index (χ0v) is 8.11. The third-order valence-electron chi connectivity index (χ3n) is 2.31. The molecule has 0 aliphatic carbocycles. The first-order valence-corrected chi connectivity index (χ1v) is 4.14. The van der Waals surface area contributed by atoms with Crippen LogP contribution in [0.25, 0.3) is 0 Å². The van der Waals surface area contributed by atoms with Crippen molar-refractivity contribution in [3.05, 3.63) is 0 Å². The molecule has 13 heavy (non-hydrogen) atoms. The Labute approximate surface area is 77.2 Å². The van der Waals surface area contributed by atoms with Crippen LogP contribution in [0.4, 0.5) is 0 Å². The lowest BCUT2D eigenvalue weighted by Crippen LogP contribution is -2.36. The van der Waals surface area contributed by atoms with Gasteiger partial charge in [0.1, 0.15) is 5.92 Å². The molecule has 1 atom stereocenters. The summed E-state index contributed by atoms with van der Waals surface area (Å²) in [6.07, 6.45) is 0.585. The van der Waals surface area contributed by atoms with E-state index in [4.69, 9.17) is 4.84 Å². The van der Waals surface area contributed by atoms with Gasteiger partial charge in [0.15, 0.2) is 0 Å². The molecule has 0 bridgehead atoms. The summed E-state index contributed by atoms with van der Waals surface area (Å²) >= 11 is 0. The highest BCUT2D eigenvalue weighted by Gasteiger charge is 2.36. The fourth-order valence-electron chi connectivity index (χ4n) is 1.36. The van der Waals surface area contributed by atoms with Gasteiger partial charge in [0, 0.05) is 20.6 Å². The average molecular weight is 186 g/mol. The molecule has 1 saturated heterocycles. The van der Waals surface area contributed by atoms with Crippen LogP contribution in [0.1, 0.15) is 6.42 Å². The van der Waals surface area contributed by atoms with Gasteiger partial charge in [0.2, 0.25) is 5.91 Å². The molecule has 0 aromatic carbocycles. The van der Waals surface area contributed by atoms with Gasteiger partial charge in [0.05, 0.1) is 7.11 Å². The molecule has 0 radical (unpaired) electrons. The van der Waals surface area contributed by atoms with Gasteiger partial charge in [-0.2, -0.15) is 0 Å². The minimum Gasteiger partial charge on any atom is -0.345 e. The van der Waals surface area contributed by atoms with Gasteiger partial charge in [-0.05, 0) is 6.42 Å². The highest BCUT2D eigenvalue weighted by molar-refractivity contribution is 6.01. The van der Waals surface area contributed by atoms with E-state index in [2.05, 4.69) is 0 Å². The van der Waals surface area contributed by atoms with Crippen molar-refractivity contribution in [3.8, 4) is 0 Å². The highest BCUT2D eigenvalue weighted by Crippen LogP contribution is 2.18. The van der Waals surface area contributed by atoms with Crippen molar-refractivity contribution in [3.63, 3.8) is 0 Å². The van der Waals surface area contributed by atoms with Crippen LogP contribution in [0.5, 0.6) is 0 Å². The van der Waals surface area contributed by atoms with E-state index in [0.29, 0.717) is 13.0 Å². The molecule has 1 aliphatic rings. The minimum atomic E-state index is -0.546. The Bertz CT molecular complexity index is 229. The van der Waals surface area contributed by atoms with Crippen LogP contribution in [-0.2, 0) is 14.4 Å². The van der Waals surface area contributed by atoms with Crippen LogP contribution in [0.15, 0.2) is 0 Å². The van der Waals surface area contributed by atoms with Crippen molar-refractivity contribution in [2.75, 3.05) is 27.7 Å². The maximum absolute atomic E-state index is 11.5. The zero-order valence-electron chi connectivity index (χ0n) is 8.11. The monoisotopic (exact) mass is 186 g/mol. The molecule has 1 fully saturated rings. The first-order chi connectivity index (χ1) is 6.07. The van der Waals surface area contributed by atoms with Crippen LogP contribution in [-0.4, -0.2) is 49.5 Å². The molecular weight excluding hydrogens is 172 g/mol. The number of nitrogens with zero attached hydrogens (tertiary/aromatic N) is 2. The lowest BCUT2D eigenvalue weighted by molar-refractivity contribution is -0.174. The number of rotatable bonds is 2. The van der Waals surface area contributed by atoms with E-state index in [1.807, 2.05) is 0 Å². The molecule has 0 spiro atoms. The number of carbonyl (C=O) groups is 2. The van der Waals surface area contributed by atoms with Crippen LogP contribution >= 0.6 is 0 Å². The molecule has 0 saturated carbocycles. The first-order valence-electron chi connectivity index (χ1n) is 4.14. The number of hydroxylamine groups is 2. The molecule has 1 rings (SSSR count). The summed E-state index contributed by atoms with van der Waals surface area (Å²) in [6, 6.07) is 0. The van der Waals surface area contributed by atoms with Gasteiger partial charge in [0.25, 0.3) is 5.91 Å². The smallest absolute Gasteiger partial charge is 0.258 e. The van der Waals surface area contributed by atoms with Crippen molar-refractivity contribution in [2.24, 2.45) is 5.92 Å². The van der Waals surface area contributed by atoms with Gasteiger partial charge in [-0.15, -0.1) is 0 Å². The summed E-state index contributed by atoms with van der Waals surface area (Å²) in [4.78, 5) is 29.2. The van der Waals surface area contributed by atoms with Gasteiger partial charge in [-0.25, -0.2) is 5.06 Å². The molecule has 1 aliphatic heterocycles. The summed E-state index contributed by atoms with van der Waals surface area (Å²) in [5, 5.41) is 1.10. The number of amides is 2. The number of likely N-dealkylation sites (tertiary alicyclic amines) is 1. The normalized spacial score (nSPS) is 22.2. The average Bonchev–Trinajstić information content (AvgIpc) is 2.45. The maximum atomic E-state index is 11.5. The molecule has 0 aromatic heterocycles. The van der Waals surface area contributed by atoms with Crippen LogP contribution < -0.4 is 0 Å². The molecule has 1 heterocycles. The number of hydrogen-bond donors (Lipinski definition) is 0. The second-order valence-corrected chi connectivity index (χ2v) is 3.12. The van der Waals surface area contributed by atoms with Crippen molar-refractivity contribution in [1.82, 2.24) is 9.96 Å². The SMILES string of the molecule is CON(C)C(=O)C1CCN(C)C1=O. The fraction of sp³-hybridized carbons (Fsp3) is 0.750. The van der Waals surface area contributed by atoms with E-state index in [1.54, 1.807) is 11.9 Å². The molecule has 1 unspecified atom stereocenters. The van der Waals surface area contributed by atoms with E-state index in [1.165, 1.54) is 14.2 Å². The molecule has 74 valence electrons. The second-order valence-electron chi connectivity index (χ2n) is 3.12. The van der Waals surface area contributed by atoms with E-state index >= 15 is 0 Å². The Hall–Kier alpha value is -1.10. The third kappa shape index (κ3) is 1.80. The second kappa shape index (κ2) is 3.74. The van der Waals surface area contributed by atoms with E-state index in [0.717, 1.165) is 5.06 Å². The van der Waals surface area contributed by atoms with Crippen LogP contribution in [0, 0.1) is 5.92 Å². The van der Waals surface area contributed by atoms with Gasteiger partial charge in [-0.1, -0.05) is 0 Å². The summed E-state index contributed by atoms with van der Waals surface area (Å²) in [6.45, 7) is 0.646. The lowest BCUT2D eigenvalue weighted by Gasteiger charge is -2.17. The predicted molar refractivity (Wildman–Crippen MR) is 45.5 cm³/mol. The predicted octanol–water partition coefficient (Wildman–Crippen LogP) is -0.516. The van der Waals surface area contributed by atoms with Gasteiger partial charge >= 0.3 is 0 Å². The molecule has 5 nitrogen and oxygen atoms in total. The quantitative estimate of drug-likeness (QED) is 0.431. The first kappa shape index (κ1) is 9.98. The third-order valence-corrected chi connectivity index (χ3v) is 2.31. The van der Waals surface area contributed by atoms with Crippen molar-refractivity contribution >= 4 is 11.8 Å². The number of hydrogen-bond acceptors (Lipinski definition) is 3. The van der Waals surface area contributed by atoms with Crippen molar-refractivity contribution in [2.45, 2.75) is 6.42 Å². The zero-order chi connectivity index (χ0) is 10.0. The summed E-state index contributed by atoms with van der Waals surface area (Å²) in [5.41, 5.74) is 0. The van der Waals surface area contributed by atoms with Crippen LogP contribution in [0.2, 0.25) is 0 Å². The highest BCUT2D eigenvalue weighted by atomic mass is 16.7. The van der Waals surface area contributed by atoms with E-state index in [-0.39, 0.29) is 11.8 Å². The molecular formula is C8H14N2O3. The van der Waals surface area contributed by atoms with E-state index < -0.39 is 5.92 Å². The maximum Gasteiger partial charge on any atom is 0.258 e. The molecule has 0 aromatic rings. The Kier molecular flexibility index (Phi) is 2.87. The Morgan fingerprint density at radius 1 is 1.69 bits per heavy atom. The summed E-state index contributed by atoms with van der Waals surface area (Å²) in [7, 11) is 4.61. The fourth-order valence-corrected chi connectivity index (χ4v) is 1.36. The largest absolute Gasteiger partial charge is 0.345 e. The molecule has 0 N–H and O–H groups in total. The Morgan fingerprint density at radius 3 is 2.69 bits per heavy atom. The van der Waals surface area contributed by atoms with E-state index in [9.17, 15) is 9.59 Å². The van der Waals surface area contributed by atoms with Gasteiger partial charge in [-0.3, -0.25) is 14.4 Å². The summed E-state index contributed by atoms with van der Waals surface area (Å²) in [5.74, 6) is -0.930. The van der Waals surface area contributed by atoms with Gasteiger partial charge < -0.3 is 4.90 Å². The Morgan fingerprint density at radius 2 is 2.31 bits per heavy atom. The Balaban J connectivity index is 2.63.